The van der Waals surface area contributed by atoms with E-state index in [-0.39, 0.29) is 17.8 Å². The Labute approximate surface area is 157 Å². The number of aryl methyl sites for hydroxylation is 2. The third-order valence-electron chi connectivity index (χ3n) is 5.11. The van der Waals surface area contributed by atoms with E-state index in [9.17, 15) is 9.18 Å². The predicted octanol–water partition coefficient (Wildman–Crippen LogP) is 3.92. The van der Waals surface area contributed by atoms with Crippen molar-refractivity contribution in [3.63, 3.8) is 0 Å². The lowest BCUT2D eigenvalue weighted by molar-refractivity contribution is 0.222. The number of fused-ring (bicyclic) bond motifs is 1. The highest BCUT2D eigenvalue weighted by Gasteiger charge is 2.31. The zero-order chi connectivity index (χ0) is 19.0. The highest BCUT2D eigenvalue weighted by molar-refractivity contribution is 5.89. The predicted molar refractivity (Wildman–Crippen MR) is 102 cm³/mol. The van der Waals surface area contributed by atoms with Crippen molar-refractivity contribution >= 4 is 22.9 Å². The van der Waals surface area contributed by atoms with Gasteiger partial charge in [0, 0.05) is 37.4 Å². The molecule has 0 aliphatic carbocycles. The molecule has 1 aromatic carbocycles. The van der Waals surface area contributed by atoms with E-state index in [0.29, 0.717) is 24.3 Å². The summed E-state index contributed by atoms with van der Waals surface area (Å²) in [5, 5.41) is 2.79. The molecule has 1 aliphatic heterocycles. The molecular formula is C20H22FN5O. The number of pyridine rings is 1. The van der Waals surface area contributed by atoms with E-state index < -0.39 is 0 Å². The summed E-state index contributed by atoms with van der Waals surface area (Å²) in [6.45, 7) is 5.79. The molecule has 3 heterocycles. The van der Waals surface area contributed by atoms with Crippen molar-refractivity contribution < 1.29 is 9.18 Å². The summed E-state index contributed by atoms with van der Waals surface area (Å²) >= 11 is 0. The van der Waals surface area contributed by atoms with Crippen molar-refractivity contribution in [1.29, 1.82) is 0 Å². The van der Waals surface area contributed by atoms with E-state index in [1.807, 2.05) is 12.1 Å². The van der Waals surface area contributed by atoms with Gasteiger partial charge in [0.1, 0.15) is 17.2 Å². The minimum Gasteiger partial charge on any atom is -0.324 e. The van der Waals surface area contributed by atoms with Gasteiger partial charge in [-0.3, -0.25) is 0 Å². The third-order valence-corrected chi connectivity index (χ3v) is 5.11. The highest BCUT2D eigenvalue weighted by atomic mass is 19.1. The molecule has 140 valence electrons. The Morgan fingerprint density at radius 3 is 3.00 bits per heavy atom. The minimum absolute atomic E-state index is 0.166. The van der Waals surface area contributed by atoms with Gasteiger partial charge in [0.05, 0.1) is 0 Å². The standard InChI is InChI=1S/C20H22FN5O/c1-3-26-18(24-17-5-4-9-22-19(17)26)14-8-10-25(12-14)20(27)23-15-7-6-13(2)16(21)11-15/h4-7,9,11,14H,3,8,10,12H2,1-2H3,(H,23,27)/t14-/m1/s1. The van der Waals surface area contributed by atoms with Gasteiger partial charge in [-0.1, -0.05) is 6.07 Å². The molecule has 4 rings (SSSR count). The number of carbonyl (C=O) groups is 1. The molecule has 3 aromatic rings. The molecule has 0 bridgehead atoms. The fourth-order valence-corrected chi connectivity index (χ4v) is 3.63. The molecule has 1 fully saturated rings. The van der Waals surface area contributed by atoms with Crippen LogP contribution >= 0.6 is 0 Å². The van der Waals surface area contributed by atoms with Gasteiger partial charge in [0.2, 0.25) is 0 Å². The summed E-state index contributed by atoms with van der Waals surface area (Å²) in [5.74, 6) is 0.818. The second-order valence-corrected chi connectivity index (χ2v) is 6.89. The van der Waals surface area contributed by atoms with Crippen LogP contribution in [0.25, 0.3) is 11.2 Å². The maximum Gasteiger partial charge on any atom is 0.321 e. The summed E-state index contributed by atoms with van der Waals surface area (Å²) in [4.78, 5) is 23.5. The van der Waals surface area contributed by atoms with Crippen LogP contribution in [-0.2, 0) is 6.54 Å². The Balaban J connectivity index is 1.50. The average Bonchev–Trinajstić information content (AvgIpc) is 3.29. The molecule has 0 spiro atoms. The Kier molecular flexibility index (Phi) is 4.51. The summed E-state index contributed by atoms with van der Waals surface area (Å²) in [5.41, 5.74) is 2.79. The van der Waals surface area contributed by atoms with Crippen LogP contribution in [0.4, 0.5) is 14.9 Å². The fourth-order valence-electron chi connectivity index (χ4n) is 3.63. The molecule has 27 heavy (non-hydrogen) atoms. The Morgan fingerprint density at radius 2 is 2.22 bits per heavy atom. The molecule has 1 saturated heterocycles. The van der Waals surface area contributed by atoms with Gasteiger partial charge in [-0.25, -0.2) is 19.2 Å². The second kappa shape index (κ2) is 6.98. The van der Waals surface area contributed by atoms with E-state index in [2.05, 4.69) is 21.8 Å². The number of likely N-dealkylation sites (tertiary alicyclic amines) is 1. The molecule has 1 aliphatic rings. The van der Waals surface area contributed by atoms with Crippen LogP contribution in [0.5, 0.6) is 0 Å². The molecule has 0 unspecified atom stereocenters. The Bertz CT molecular complexity index is 999. The van der Waals surface area contributed by atoms with Crippen LogP contribution < -0.4 is 5.32 Å². The number of amides is 2. The van der Waals surface area contributed by atoms with Gasteiger partial charge >= 0.3 is 6.03 Å². The summed E-state index contributed by atoms with van der Waals surface area (Å²) in [6.07, 6.45) is 2.62. The second-order valence-electron chi connectivity index (χ2n) is 6.89. The number of carbonyl (C=O) groups excluding carboxylic acids is 1. The lowest BCUT2D eigenvalue weighted by atomic mass is 10.1. The molecule has 7 heteroatoms. The number of rotatable bonds is 3. The number of hydrogen-bond donors (Lipinski definition) is 1. The number of hydrogen-bond acceptors (Lipinski definition) is 3. The van der Waals surface area contributed by atoms with E-state index in [4.69, 9.17) is 4.98 Å². The van der Waals surface area contributed by atoms with Gasteiger partial charge in [0.15, 0.2) is 5.65 Å². The average molecular weight is 367 g/mol. The number of aromatic nitrogens is 3. The number of nitrogens with zero attached hydrogens (tertiary/aromatic N) is 4. The van der Waals surface area contributed by atoms with Gasteiger partial charge in [-0.15, -0.1) is 0 Å². The Morgan fingerprint density at radius 1 is 1.37 bits per heavy atom. The normalized spacial score (nSPS) is 16.9. The zero-order valence-electron chi connectivity index (χ0n) is 15.4. The van der Waals surface area contributed by atoms with Crippen molar-refractivity contribution in [2.24, 2.45) is 0 Å². The summed E-state index contributed by atoms with van der Waals surface area (Å²) in [6, 6.07) is 8.36. The topological polar surface area (TPSA) is 63.1 Å². The van der Waals surface area contributed by atoms with Crippen molar-refractivity contribution in [2.45, 2.75) is 32.7 Å². The summed E-state index contributed by atoms with van der Waals surface area (Å²) in [7, 11) is 0. The van der Waals surface area contributed by atoms with Gasteiger partial charge in [0.25, 0.3) is 0 Å². The van der Waals surface area contributed by atoms with E-state index >= 15 is 0 Å². The minimum atomic E-state index is -0.323. The lowest BCUT2D eigenvalue weighted by Gasteiger charge is -2.18. The molecule has 0 saturated carbocycles. The molecule has 2 amide bonds. The van der Waals surface area contributed by atoms with E-state index in [0.717, 1.165) is 30.0 Å². The van der Waals surface area contributed by atoms with E-state index in [1.165, 1.54) is 6.07 Å². The van der Waals surface area contributed by atoms with Gasteiger partial charge < -0.3 is 14.8 Å². The third kappa shape index (κ3) is 3.25. The number of benzene rings is 1. The van der Waals surface area contributed by atoms with Crippen molar-refractivity contribution in [2.75, 3.05) is 18.4 Å². The van der Waals surface area contributed by atoms with Crippen molar-refractivity contribution in [3.05, 3.63) is 53.7 Å². The van der Waals surface area contributed by atoms with Crippen LogP contribution in [0.15, 0.2) is 36.5 Å². The number of urea groups is 1. The summed E-state index contributed by atoms with van der Waals surface area (Å²) < 4.78 is 15.8. The number of anilines is 1. The van der Waals surface area contributed by atoms with Crippen molar-refractivity contribution in [1.82, 2.24) is 19.4 Å². The SMILES string of the molecule is CCn1c([C@@H]2CCN(C(=O)Nc3ccc(C)c(F)c3)C2)nc2cccnc21. The first-order valence-electron chi connectivity index (χ1n) is 9.20. The number of halogens is 1. The zero-order valence-corrected chi connectivity index (χ0v) is 15.4. The van der Waals surface area contributed by atoms with Gasteiger partial charge in [-0.05, 0) is 50.1 Å². The molecule has 6 nitrogen and oxygen atoms in total. The molecule has 0 radical (unpaired) electrons. The first-order valence-corrected chi connectivity index (χ1v) is 9.20. The van der Waals surface area contributed by atoms with Crippen LogP contribution in [0, 0.1) is 12.7 Å². The van der Waals surface area contributed by atoms with Crippen LogP contribution in [0.1, 0.15) is 30.7 Å². The van der Waals surface area contributed by atoms with Crippen LogP contribution in [-0.4, -0.2) is 38.6 Å². The van der Waals surface area contributed by atoms with E-state index in [1.54, 1.807) is 30.2 Å². The fraction of sp³-hybridized carbons (Fsp3) is 0.350. The molecule has 1 N–H and O–H groups in total. The number of nitrogens with one attached hydrogen (secondary N) is 1. The number of imidazole rings is 1. The smallest absolute Gasteiger partial charge is 0.321 e. The molecule has 2 aromatic heterocycles. The van der Waals surface area contributed by atoms with Crippen LogP contribution in [0.3, 0.4) is 0 Å². The van der Waals surface area contributed by atoms with Crippen LogP contribution in [0.2, 0.25) is 0 Å². The largest absolute Gasteiger partial charge is 0.324 e. The van der Waals surface area contributed by atoms with Gasteiger partial charge in [-0.2, -0.15) is 0 Å². The van der Waals surface area contributed by atoms with Crippen molar-refractivity contribution in [3.8, 4) is 0 Å². The lowest BCUT2D eigenvalue weighted by Crippen LogP contribution is -2.33. The Hall–Kier alpha value is -2.96. The monoisotopic (exact) mass is 367 g/mol. The first-order chi connectivity index (χ1) is 13.1. The molecular weight excluding hydrogens is 345 g/mol. The molecule has 1 atom stereocenters. The maximum atomic E-state index is 13.7. The quantitative estimate of drug-likeness (QED) is 0.763. The first kappa shape index (κ1) is 17.5. The maximum absolute atomic E-state index is 13.7. The highest BCUT2D eigenvalue weighted by Crippen LogP contribution is 2.29.